The van der Waals surface area contributed by atoms with Crippen LogP contribution in [0.4, 0.5) is 0 Å². The molecule has 11 nitrogen and oxygen atoms in total. The number of hydrogen-bond acceptors (Lipinski definition) is 10. The first-order valence-corrected chi connectivity index (χ1v) is 8.71. The minimum Gasteiger partial charge on any atom is -0.463 e. The van der Waals surface area contributed by atoms with E-state index in [0.29, 0.717) is 0 Å². The van der Waals surface area contributed by atoms with Crippen molar-refractivity contribution in [2.45, 2.75) is 51.4 Å². The second-order valence-electron chi connectivity index (χ2n) is 6.26. The van der Waals surface area contributed by atoms with Gasteiger partial charge in [-0.25, -0.2) is 0 Å². The number of aliphatic hydroxyl groups excluding tert-OH is 1. The zero-order valence-electron chi connectivity index (χ0n) is 16.1. The highest BCUT2D eigenvalue weighted by atomic mass is 16.7. The Labute approximate surface area is 166 Å². The third kappa shape index (κ3) is 6.22. The van der Waals surface area contributed by atoms with E-state index in [1.165, 1.54) is 25.4 Å². The monoisotopic (exact) mass is 410 g/mol. The van der Waals surface area contributed by atoms with Gasteiger partial charge in [-0.2, -0.15) is 0 Å². The van der Waals surface area contributed by atoms with E-state index < -0.39 is 54.5 Å². The van der Waals surface area contributed by atoms with Crippen LogP contribution in [0.1, 0.15) is 31.1 Å². The predicted molar refractivity (Wildman–Crippen MR) is 94.1 cm³/mol. The Morgan fingerprint density at radius 2 is 1.76 bits per heavy atom. The molecule has 1 aliphatic rings. The fraction of sp³-hybridized carbons (Fsp3) is 0.500. The number of ether oxygens (including phenoxy) is 4. The van der Waals surface area contributed by atoms with Crippen LogP contribution in [-0.4, -0.2) is 71.2 Å². The molecule has 0 aliphatic carbocycles. The Hall–Kier alpha value is -3.05. The molecule has 1 fully saturated rings. The van der Waals surface area contributed by atoms with Gasteiger partial charge in [0.1, 0.15) is 18.8 Å². The van der Waals surface area contributed by atoms with Crippen molar-refractivity contribution in [3.8, 4) is 0 Å². The molecule has 2 N–H and O–H groups in total. The molecule has 0 radical (unpaired) electrons. The third-order valence-corrected chi connectivity index (χ3v) is 3.94. The van der Waals surface area contributed by atoms with Crippen LogP contribution in [0.3, 0.4) is 0 Å². The molecule has 2 heterocycles. The minimum absolute atomic E-state index is 0.187. The Kier molecular flexibility index (Phi) is 7.62. The first-order valence-electron chi connectivity index (χ1n) is 8.71. The number of amides is 1. The van der Waals surface area contributed by atoms with E-state index in [-0.39, 0.29) is 12.2 Å². The second-order valence-corrected chi connectivity index (χ2v) is 6.26. The fourth-order valence-electron chi connectivity index (χ4n) is 2.80. The average Bonchev–Trinajstić information content (AvgIpc) is 2.65. The lowest BCUT2D eigenvalue weighted by Crippen LogP contribution is -2.66. The molecule has 5 atom stereocenters. The molecule has 1 aromatic heterocycles. The Bertz CT molecular complexity index is 755. The molecule has 0 unspecified atom stereocenters. The summed E-state index contributed by atoms with van der Waals surface area (Å²) in [4.78, 5) is 50.6. The van der Waals surface area contributed by atoms with Crippen LogP contribution in [0.15, 0.2) is 24.5 Å². The van der Waals surface area contributed by atoms with Crippen molar-refractivity contribution in [2.75, 3.05) is 6.61 Å². The summed E-state index contributed by atoms with van der Waals surface area (Å²) in [5.41, 5.74) is 0.187. The zero-order valence-corrected chi connectivity index (χ0v) is 16.1. The maximum atomic E-state index is 12.5. The third-order valence-electron chi connectivity index (χ3n) is 3.94. The standard InChI is InChI=1S/C18H22N2O9/c1-9(21)26-8-13-15(27-10(2)22)16(28-11(3)23)14(18(25)29-13)20-17(24)12-5-4-6-19-7-12/h4-7,13-16,18,25H,8H2,1-3H3,(H,20,24)/t13-,14-,15+,16+,18-/m0/s1. The molecule has 1 saturated heterocycles. The predicted octanol–water partition coefficient (Wildman–Crippen LogP) is -0.676. The molecule has 158 valence electrons. The van der Waals surface area contributed by atoms with E-state index in [0.717, 1.165) is 13.8 Å². The number of esters is 3. The highest BCUT2D eigenvalue weighted by molar-refractivity contribution is 5.94. The lowest BCUT2D eigenvalue weighted by molar-refractivity contribution is -0.263. The van der Waals surface area contributed by atoms with Crippen molar-refractivity contribution in [1.82, 2.24) is 10.3 Å². The molecule has 0 spiro atoms. The van der Waals surface area contributed by atoms with Gasteiger partial charge in [-0.3, -0.25) is 24.2 Å². The Balaban J connectivity index is 2.30. The summed E-state index contributed by atoms with van der Waals surface area (Å²) in [6.45, 7) is 3.04. The molecule has 29 heavy (non-hydrogen) atoms. The molecular formula is C18H22N2O9. The molecule has 0 aromatic carbocycles. The van der Waals surface area contributed by atoms with Crippen molar-refractivity contribution in [1.29, 1.82) is 0 Å². The first-order chi connectivity index (χ1) is 13.7. The summed E-state index contributed by atoms with van der Waals surface area (Å²) in [6.07, 6.45) is -2.55. The molecule has 11 heteroatoms. The highest BCUT2D eigenvalue weighted by Gasteiger charge is 2.50. The summed E-state index contributed by atoms with van der Waals surface area (Å²) in [5.74, 6) is -2.71. The largest absolute Gasteiger partial charge is 0.463 e. The van der Waals surface area contributed by atoms with E-state index >= 15 is 0 Å². The summed E-state index contributed by atoms with van der Waals surface area (Å²) >= 11 is 0. The van der Waals surface area contributed by atoms with Crippen molar-refractivity contribution >= 4 is 23.8 Å². The highest BCUT2D eigenvalue weighted by Crippen LogP contribution is 2.26. The maximum Gasteiger partial charge on any atom is 0.303 e. The molecule has 1 amide bonds. The molecule has 1 aromatic rings. The lowest BCUT2D eigenvalue weighted by Gasteiger charge is -2.43. The zero-order chi connectivity index (χ0) is 21.6. The minimum atomic E-state index is -1.65. The van der Waals surface area contributed by atoms with E-state index in [1.807, 2.05) is 0 Å². The van der Waals surface area contributed by atoms with Gasteiger partial charge >= 0.3 is 17.9 Å². The van der Waals surface area contributed by atoms with Crippen LogP contribution >= 0.6 is 0 Å². The smallest absolute Gasteiger partial charge is 0.303 e. The van der Waals surface area contributed by atoms with Crippen LogP contribution in [0, 0.1) is 0 Å². The number of hydrogen-bond donors (Lipinski definition) is 2. The van der Waals surface area contributed by atoms with Crippen LogP contribution in [-0.2, 0) is 33.3 Å². The van der Waals surface area contributed by atoms with Crippen LogP contribution < -0.4 is 5.32 Å². The van der Waals surface area contributed by atoms with Gasteiger partial charge < -0.3 is 29.4 Å². The van der Waals surface area contributed by atoms with Gasteiger partial charge in [0.2, 0.25) is 0 Å². The number of nitrogens with one attached hydrogen (secondary N) is 1. The van der Waals surface area contributed by atoms with Gasteiger partial charge in [0, 0.05) is 33.2 Å². The molecule has 0 saturated carbocycles. The van der Waals surface area contributed by atoms with Gasteiger partial charge in [-0.05, 0) is 12.1 Å². The van der Waals surface area contributed by atoms with Gasteiger partial charge in [0.25, 0.3) is 5.91 Å². The van der Waals surface area contributed by atoms with Crippen molar-refractivity contribution in [3.63, 3.8) is 0 Å². The number of pyridine rings is 1. The van der Waals surface area contributed by atoms with Gasteiger partial charge in [0.15, 0.2) is 18.5 Å². The SMILES string of the molecule is CC(=O)OC[C@@H]1O[C@H](O)[C@@H](NC(=O)c2cccnc2)[C@@H](OC(C)=O)[C@@H]1OC(C)=O. The van der Waals surface area contributed by atoms with Crippen LogP contribution in [0.25, 0.3) is 0 Å². The van der Waals surface area contributed by atoms with Crippen molar-refractivity contribution in [2.24, 2.45) is 0 Å². The topological polar surface area (TPSA) is 150 Å². The number of aromatic nitrogens is 1. The molecule has 2 rings (SSSR count). The summed E-state index contributed by atoms with van der Waals surface area (Å²) in [5, 5.41) is 12.9. The summed E-state index contributed by atoms with van der Waals surface area (Å²) in [7, 11) is 0. The number of carbonyl (C=O) groups excluding carboxylic acids is 4. The molecular weight excluding hydrogens is 388 g/mol. The first kappa shape index (κ1) is 22.2. The van der Waals surface area contributed by atoms with Crippen molar-refractivity contribution < 1.29 is 43.2 Å². The number of aliphatic hydroxyl groups is 1. The average molecular weight is 410 g/mol. The number of carbonyl (C=O) groups is 4. The van der Waals surface area contributed by atoms with Gasteiger partial charge in [-0.1, -0.05) is 0 Å². The van der Waals surface area contributed by atoms with Crippen molar-refractivity contribution in [3.05, 3.63) is 30.1 Å². The van der Waals surface area contributed by atoms with E-state index in [4.69, 9.17) is 18.9 Å². The Morgan fingerprint density at radius 3 is 2.31 bits per heavy atom. The molecule has 0 bridgehead atoms. The summed E-state index contributed by atoms with van der Waals surface area (Å²) < 4.78 is 20.7. The fourth-order valence-corrected chi connectivity index (χ4v) is 2.80. The van der Waals surface area contributed by atoms with Gasteiger partial charge in [-0.15, -0.1) is 0 Å². The van der Waals surface area contributed by atoms with E-state index in [2.05, 4.69) is 10.3 Å². The van der Waals surface area contributed by atoms with E-state index in [9.17, 15) is 24.3 Å². The maximum absolute atomic E-state index is 12.5. The quantitative estimate of drug-likeness (QED) is 0.456. The summed E-state index contributed by atoms with van der Waals surface area (Å²) in [6, 6.07) is 1.76. The van der Waals surface area contributed by atoms with Crippen LogP contribution in [0.2, 0.25) is 0 Å². The normalized spacial score (nSPS) is 26.1. The second kappa shape index (κ2) is 9.94. The van der Waals surface area contributed by atoms with E-state index in [1.54, 1.807) is 6.07 Å². The lowest BCUT2D eigenvalue weighted by atomic mass is 9.96. The Morgan fingerprint density at radius 1 is 1.10 bits per heavy atom. The van der Waals surface area contributed by atoms with Crippen LogP contribution in [0.5, 0.6) is 0 Å². The number of nitrogens with zero attached hydrogens (tertiary/aromatic N) is 1. The molecule has 1 aliphatic heterocycles. The van der Waals surface area contributed by atoms with Gasteiger partial charge in [0.05, 0.1) is 5.56 Å². The number of rotatable bonds is 6.